The van der Waals surface area contributed by atoms with Gasteiger partial charge in [-0.1, -0.05) is 48.9 Å². The van der Waals surface area contributed by atoms with Crippen LogP contribution in [0.15, 0.2) is 54.6 Å². The highest BCUT2D eigenvalue weighted by molar-refractivity contribution is 5.87. The number of para-hydroxylation sites is 1. The zero-order chi connectivity index (χ0) is 25.5. The van der Waals surface area contributed by atoms with Crippen LogP contribution < -0.4 is 4.74 Å². The summed E-state index contributed by atoms with van der Waals surface area (Å²) in [7, 11) is 4.17. The first-order valence-electron chi connectivity index (χ1n) is 12.4. The Morgan fingerprint density at radius 1 is 0.943 bits per heavy atom. The number of benzene rings is 2. The average molecular weight is 482 g/mol. The highest BCUT2D eigenvalue weighted by Gasteiger charge is 2.10. The van der Waals surface area contributed by atoms with Crippen molar-refractivity contribution in [2.45, 2.75) is 51.4 Å². The van der Waals surface area contributed by atoms with Crippen LogP contribution in [0.5, 0.6) is 5.75 Å². The normalized spacial score (nSPS) is 12.2. The lowest BCUT2D eigenvalue weighted by molar-refractivity contribution is -0.137. The summed E-state index contributed by atoms with van der Waals surface area (Å²) in [5.74, 6) is -0.629. The van der Waals surface area contributed by atoms with E-state index in [-0.39, 0.29) is 17.9 Å². The Balaban J connectivity index is 2.01. The Bertz CT molecular complexity index is 936. The fraction of sp³-hybridized carbons (Fsp3) is 0.448. The summed E-state index contributed by atoms with van der Waals surface area (Å²) < 4.78 is 6.07. The van der Waals surface area contributed by atoms with Crippen LogP contribution in [0, 0.1) is 5.92 Å². The molecule has 0 aromatic heterocycles. The molecule has 190 valence electrons. The van der Waals surface area contributed by atoms with Crippen molar-refractivity contribution in [3.8, 4) is 5.75 Å². The van der Waals surface area contributed by atoms with Crippen molar-refractivity contribution < 1.29 is 24.5 Å². The van der Waals surface area contributed by atoms with Crippen molar-refractivity contribution in [1.82, 2.24) is 4.90 Å². The summed E-state index contributed by atoms with van der Waals surface area (Å²) in [5, 5.41) is 18.1. The first-order valence-corrected chi connectivity index (χ1v) is 12.4. The number of carboxylic acid groups (broad SMARTS) is 2. The molecular weight excluding hydrogens is 442 g/mol. The molecule has 0 aliphatic heterocycles. The summed E-state index contributed by atoms with van der Waals surface area (Å²) in [6.45, 7) is 1.78. The molecule has 1 unspecified atom stereocenters. The topological polar surface area (TPSA) is 87.1 Å². The van der Waals surface area contributed by atoms with Gasteiger partial charge in [0.1, 0.15) is 5.75 Å². The maximum absolute atomic E-state index is 11.1. The molecule has 6 heteroatoms. The highest BCUT2D eigenvalue weighted by atomic mass is 16.5. The van der Waals surface area contributed by atoms with Crippen LogP contribution >= 0.6 is 0 Å². The fourth-order valence-corrected chi connectivity index (χ4v) is 3.91. The molecule has 0 saturated carbocycles. The van der Waals surface area contributed by atoms with E-state index in [1.165, 1.54) is 0 Å². The van der Waals surface area contributed by atoms with Gasteiger partial charge in [0.05, 0.1) is 12.2 Å². The molecule has 2 aromatic rings. The first kappa shape index (κ1) is 28.1. The Labute approximate surface area is 209 Å². The summed E-state index contributed by atoms with van der Waals surface area (Å²) in [4.78, 5) is 24.2. The number of nitrogens with zero attached hydrogens (tertiary/aromatic N) is 1. The maximum atomic E-state index is 11.1. The predicted molar refractivity (Wildman–Crippen MR) is 140 cm³/mol. The highest BCUT2D eigenvalue weighted by Crippen LogP contribution is 2.24. The van der Waals surface area contributed by atoms with Gasteiger partial charge in [-0.05, 0) is 88.8 Å². The molecule has 0 bridgehead atoms. The molecular formula is C29H39NO5. The van der Waals surface area contributed by atoms with E-state index >= 15 is 0 Å². The minimum absolute atomic E-state index is 0.176. The van der Waals surface area contributed by atoms with Gasteiger partial charge in [-0.3, -0.25) is 4.79 Å². The minimum atomic E-state index is -0.934. The zero-order valence-corrected chi connectivity index (χ0v) is 21.0. The van der Waals surface area contributed by atoms with Crippen LogP contribution in [0.4, 0.5) is 0 Å². The van der Waals surface area contributed by atoms with Crippen molar-refractivity contribution in [1.29, 1.82) is 0 Å². The second-order valence-electron chi connectivity index (χ2n) is 9.22. The third kappa shape index (κ3) is 11.7. The van der Waals surface area contributed by atoms with E-state index in [1.54, 1.807) is 12.1 Å². The van der Waals surface area contributed by atoms with Gasteiger partial charge in [0, 0.05) is 12.0 Å². The number of hydrogen-bond acceptors (Lipinski definition) is 4. The molecule has 0 amide bonds. The molecule has 0 radical (unpaired) electrons. The van der Waals surface area contributed by atoms with E-state index < -0.39 is 11.9 Å². The lowest BCUT2D eigenvalue weighted by atomic mass is 9.92. The van der Waals surface area contributed by atoms with E-state index in [2.05, 4.69) is 31.1 Å². The molecule has 0 heterocycles. The molecule has 2 N–H and O–H groups in total. The number of carboxylic acids is 2. The van der Waals surface area contributed by atoms with Gasteiger partial charge in [-0.25, -0.2) is 4.79 Å². The van der Waals surface area contributed by atoms with Crippen LogP contribution in [0.25, 0.3) is 6.08 Å². The van der Waals surface area contributed by atoms with Gasteiger partial charge in [0.25, 0.3) is 0 Å². The molecule has 0 aliphatic carbocycles. The van der Waals surface area contributed by atoms with E-state index in [1.807, 2.05) is 36.4 Å². The summed E-state index contributed by atoms with van der Waals surface area (Å²) >= 11 is 0. The SMILES string of the molecule is CN(C)CCCCCOc1ccccc1/C=C/C(CCCCC(=O)O)Cc1ccc(C(=O)O)cc1. The third-order valence-corrected chi connectivity index (χ3v) is 5.89. The van der Waals surface area contributed by atoms with Crippen LogP contribution in [0.2, 0.25) is 0 Å². The predicted octanol–water partition coefficient (Wildman–Crippen LogP) is 6.01. The van der Waals surface area contributed by atoms with Gasteiger partial charge in [-0.15, -0.1) is 0 Å². The number of aromatic carboxylic acids is 1. The number of aliphatic carboxylic acids is 1. The summed E-state index contributed by atoms with van der Waals surface area (Å²) in [6, 6.07) is 15.0. The van der Waals surface area contributed by atoms with E-state index in [4.69, 9.17) is 14.9 Å². The lowest BCUT2D eigenvalue weighted by Crippen LogP contribution is -2.13. The van der Waals surface area contributed by atoms with Crippen LogP contribution in [0.3, 0.4) is 0 Å². The van der Waals surface area contributed by atoms with Gasteiger partial charge in [-0.2, -0.15) is 0 Å². The molecule has 0 spiro atoms. The number of unbranched alkanes of at least 4 members (excludes halogenated alkanes) is 3. The van der Waals surface area contributed by atoms with E-state index in [0.717, 1.165) is 61.9 Å². The molecule has 0 fully saturated rings. The molecule has 0 saturated heterocycles. The van der Waals surface area contributed by atoms with Crippen LogP contribution in [-0.2, 0) is 11.2 Å². The van der Waals surface area contributed by atoms with Crippen molar-refractivity contribution in [2.24, 2.45) is 5.92 Å². The van der Waals surface area contributed by atoms with Crippen molar-refractivity contribution in [3.63, 3.8) is 0 Å². The minimum Gasteiger partial charge on any atom is -0.493 e. The Hall–Kier alpha value is -3.12. The first-order chi connectivity index (χ1) is 16.8. The summed E-state index contributed by atoms with van der Waals surface area (Å²) in [6.07, 6.45) is 10.8. The van der Waals surface area contributed by atoms with Gasteiger partial charge >= 0.3 is 11.9 Å². The van der Waals surface area contributed by atoms with Crippen molar-refractivity contribution >= 4 is 18.0 Å². The van der Waals surface area contributed by atoms with Crippen LogP contribution in [0.1, 0.15) is 66.4 Å². The number of hydrogen-bond donors (Lipinski definition) is 2. The number of carbonyl (C=O) groups is 2. The number of allylic oxidation sites excluding steroid dienone is 1. The van der Waals surface area contributed by atoms with Gasteiger partial charge < -0.3 is 19.8 Å². The average Bonchev–Trinajstić information content (AvgIpc) is 2.83. The Morgan fingerprint density at radius 3 is 2.37 bits per heavy atom. The maximum Gasteiger partial charge on any atom is 0.335 e. The monoisotopic (exact) mass is 481 g/mol. The van der Waals surface area contributed by atoms with Gasteiger partial charge in [0.15, 0.2) is 0 Å². The molecule has 0 aliphatic rings. The quantitative estimate of drug-likeness (QED) is 0.269. The Kier molecular flexibility index (Phi) is 12.6. The van der Waals surface area contributed by atoms with E-state index in [0.29, 0.717) is 13.0 Å². The van der Waals surface area contributed by atoms with E-state index in [9.17, 15) is 9.59 Å². The molecule has 6 nitrogen and oxygen atoms in total. The lowest BCUT2D eigenvalue weighted by Gasteiger charge is -2.14. The molecule has 2 rings (SSSR count). The molecule has 2 aromatic carbocycles. The Morgan fingerprint density at radius 2 is 1.69 bits per heavy atom. The second-order valence-corrected chi connectivity index (χ2v) is 9.22. The number of ether oxygens (including phenoxy) is 1. The zero-order valence-electron chi connectivity index (χ0n) is 21.0. The van der Waals surface area contributed by atoms with Crippen LogP contribution in [-0.4, -0.2) is 54.3 Å². The van der Waals surface area contributed by atoms with Crippen molar-refractivity contribution in [3.05, 3.63) is 71.3 Å². The van der Waals surface area contributed by atoms with Crippen molar-refractivity contribution in [2.75, 3.05) is 27.2 Å². The fourth-order valence-electron chi connectivity index (χ4n) is 3.91. The largest absolute Gasteiger partial charge is 0.493 e. The van der Waals surface area contributed by atoms with Gasteiger partial charge in [0.2, 0.25) is 0 Å². The molecule has 1 atom stereocenters. The smallest absolute Gasteiger partial charge is 0.335 e. The third-order valence-electron chi connectivity index (χ3n) is 5.89. The standard InChI is InChI=1S/C29H39NO5/c1-30(2)20-8-3-9-21-35-27-12-6-5-11-25(27)17-14-23(10-4-7-13-28(31)32)22-24-15-18-26(19-16-24)29(33)34/h5-6,11-12,14-19,23H,3-4,7-10,13,20-22H2,1-2H3,(H,31,32)(H,33,34)/b17-14+. The summed E-state index contributed by atoms with van der Waals surface area (Å²) in [5.41, 5.74) is 2.36. The number of rotatable bonds is 17. The molecule has 35 heavy (non-hydrogen) atoms. The second kappa shape index (κ2) is 15.7.